The SMILES string of the molecule is COC1(CNc2ccccc2S(=O)(=O)N(C)C)CCC1. The molecule has 112 valence electrons. The number of benzene rings is 1. The minimum Gasteiger partial charge on any atom is -0.381 e. The first-order chi connectivity index (χ1) is 9.41. The molecule has 5 nitrogen and oxygen atoms in total. The Labute approximate surface area is 121 Å². The van der Waals surface area contributed by atoms with Crippen LogP contribution in [0.3, 0.4) is 0 Å². The van der Waals surface area contributed by atoms with E-state index in [0.717, 1.165) is 19.3 Å². The van der Waals surface area contributed by atoms with Gasteiger partial charge in [-0.05, 0) is 31.4 Å². The molecule has 0 bridgehead atoms. The van der Waals surface area contributed by atoms with Crippen molar-refractivity contribution in [3.63, 3.8) is 0 Å². The number of sulfonamides is 1. The highest BCUT2D eigenvalue weighted by molar-refractivity contribution is 7.89. The molecule has 0 radical (unpaired) electrons. The van der Waals surface area contributed by atoms with Crippen LogP contribution in [0.5, 0.6) is 0 Å². The lowest BCUT2D eigenvalue weighted by atomic mass is 9.80. The normalized spacial score (nSPS) is 17.8. The van der Waals surface area contributed by atoms with Crippen LogP contribution in [0.15, 0.2) is 29.2 Å². The Morgan fingerprint density at radius 3 is 2.45 bits per heavy atom. The summed E-state index contributed by atoms with van der Waals surface area (Å²) in [5.41, 5.74) is 0.485. The molecule has 0 spiro atoms. The first-order valence-electron chi connectivity index (χ1n) is 6.72. The van der Waals surface area contributed by atoms with Crippen LogP contribution in [0.25, 0.3) is 0 Å². The minimum atomic E-state index is -3.44. The van der Waals surface area contributed by atoms with Crippen molar-refractivity contribution in [2.24, 2.45) is 0 Å². The molecule has 0 amide bonds. The minimum absolute atomic E-state index is 0.144. The Morgan fingerprint density at radius 2 is 1.95 bits per heavy atom. The highest BCUT2D eigenvalue weighted by Gasteiger charge is 2.37. The number of para-hydroxylation sites is 1. The van der Waals surface area contributed by atoms with E-state index in [0.29, 0.717) is 17.1 Å². The summed E-state index contributed by atoms with van der Waals surface area (Å²) in [6.07, 6.45) is 3.19. The van der Waals surface area contributed by atoms with Crippen LogP contribution in [0, 0.1) is 0 Å². The maximum atomic E-state index is 12.3. The summed E-state index contributed by atoms with van der Waals surface area (Å²) in [7, 11) is 1.34. The van der Waals surface area contributed by atoms with Gasteiger partial charge in [-0.1, -0.05) is 12.1 Å². The van der Waals surface area contributed by atoms with Crippen molar-refractivity contribution in [2.75, 3.05) is 33.1 Å². The molecule has 1 saturated carbocycles. The first kappa shape index (κ1) is 15.3. The first-order valence-corrected chi connectivity index (χ1v) is 8.16. The van der Waals surface area contributed by atoms with Crippen molar-refractivity contribution in [1.29, 1.82) is 0 Å². The average molecular weight is 298 g/mol. The number of hydrogen-bond donors (Lipinski definition) is 1. The Bertz CT molecular complexity index is 560. The molecule has 1 aliphatic carbocycles. The lowest BCUT2D eigenvalue weighted by molar-refractivity contribution is -0.0601. The molecule has 0 unspecified atom stereocenters. The molecule has 1 aromatic rings. The predicted octanol–water partition coefficient (Wildman–Crippen LogP) is 1.92. The van der Waals surface area contributed by atoms with Crippen LogP contribution in [0.4, 0.5) is 5.69 Å². The third-order valence-corrected chi connectivity index (χ3v) is 5.82. The Balaban J connectivity index is 2.21. The third kappa shape index (κ3) is 2.82. The van der Waals surface area contributed by atoms with Gasteiger partial charge in [0.15, 0.2) is 0 Å². The maximum Gasteiger partial charge on any atom is 0.244 e. The third-order valence-electron chi connectivity index (χ3n) is 3.94. The summed E-state index contributed by atoms with van der Waals surface area (Å²) >= 11 is 0. The molecule has 1 aromatic carbocycles. The zero-order valence-electron chi connectivity index (χ0n) is 12.2. The van der Waals surface area contributed by atoms with Crippen LogP contribution in [-0.2, 0) is 14.8 Å². The number of methoxy groups -OCH3 is 1. The van der Waals surface area contributed by atoms with E-state index in [4.69, 9.17) is 4.74 Å². The number of nitrogens with zero attached hydrogens (tertiary/aromatic N) is 1. The fourth-order valence-corrected chi connectivity index (χ4v) is 3.38. The van der Waals surface area contributed by atoms with Gasteiger partial charge < -0.3 is 10.1 Å². The lowest BCUT2D eigenvalue weighted by Gasteiger charge is -2.40. The largest absolute Gasteiger partial charge is 0.381 e. The molecule has 6 heteroatoms. The molecular weight excluding hydrogens is 276 g/mol. The van der Waals surface area contributed by atoms with Gasteiger partial charge in [0.25, 0.3) is 0 Å². The van der Waals surface area contributed by atoms with Crippen LogP contribution in [0.2, 0.25) is 0 Å². The Kier molecular flexibility index (Phi) is 4.36. The standard InChI is InChI=1S/C14H22N2O3S/c1-16(2)20(17,18)13-8-5-4-7-12(13)15-11-14(19-3)9-6-10-14/h4-5,7-8,15H,6,9-11H2,1-3H3. The van der Waals surface area contributed by atoms with E-state index in [2.05, 4.69) is 5.32 Å². The van der Waals surface area contributed by atoms with E-state index in [9.17, 15) is 8.42 Å². The molecular formula is C14H22N2O3S. The molecule has 1 fully saturated rings. The van der Waals surface area contributed by atoms with Gasteiger partial charge in [0.1, 0.15) is 4.90 Å². The van der Waals surface area contributed by atoms with Gasteiger partial charge in [-0.15, -0.1) is 0 Å². The number of hydrogen-bond acceptors (Lipinski definition) is 4. The van der Waals surface area contributed by atoms with E-state index in [1.54, 1.807) is 25.3 Å². The topological polar surface area (TPSA) is 58.6 Å². The molecule has 20 heavy (non-hydrogen) atoms. The fraction of sp³-hybridized carbons (Fsp3) is 0.571. The number of nitrogens with one attached hydrogen (secondary N) is 1. The van der Waals surface area contributed by atoms with Gasteiger partial charge in [0, 0.05) is 27.7 Å². The summed E-state index contributed by atoms with van der Waals surface area (Å²) in [5.74, 6) is 0. The monoisotopic (exact) mass is 298 g/mol. The van der Waals surface area contributed by atoms with E-state index in [1.165, 1.54) is 18.4 Å². The van der Waals surface area contributed by atoms with Crippen LogP contribution in [0.1, 0.15) is 19.3 Å². The summed E-state index contributed by atoms with van der Waals surface area (Å²) < 4.78 is 31.3. The second kappa shape index (κ2) is 5.71. The predicted molar refractivity (Wildman–Crippen MR) is 79.4 cm³/mol. The van der Waals surface area contributed by atoms with Crippen molar-refractivity contribution >= 4 is 15.7 Å². The van der Waals surface area contributed by atoms with Gasteiger partial charge in [-0.2, -0.15) is 0 Å². The smallest absolute Gasteiger partial charge is 0.244 e. The van der Waals surface area contributed by atoms with Crippen LogP contribution >= 0.6 is 0 Å². The van der Waals surface area contributed by atoms with E-state index in [1.807, 2.05) is 6.07 Å². The van der Waals surface area contributed by atoms with E-state index in [-0.39, 0.29) is 5.60 Å². The molecule has 0 heterocycles. The summed E-state index contributed by atoms with van der Waals surface area (Å²) in [4.78, 5) is 0.301. The summed E-state index contributed by atoms with van der Waals surface area (Å²) in [6, 6.07) is 6.98. The molecule has 0 aromatic heterocycles. The molecule has 2 rings (SSSR count). The van der Waals surface area contributed by atoms with Gasteiger partial charge in [-0.3, -0.25) is 0 Å². The maximum absolute atomic E-state index is 12.3. The Morgan fingerprint density at radius 1 is 1.30 bits per heavy atom. The molecule has 0 aliphatic heterocycles. The highest BCUT2D eigenvalue weighted by atomic mass is 32.2. The number of rotatable bonds is 6. The van der Waals surface area contributed by atoms with E-state index >= 15 is 0 Å². The summed E-state index contributed by atoms with van der Waals surface area (Å²) in [5, 5.41) is 3.24. The van der Waals surface area contributed by atoms with Crippen molar-refractivity contribution in [1.82, 2.24) is 4.31 Å². The molecule has 1 N–H and O–H groups in total. The number of anilines is 1. The van der Waals surface area contributed by atoms with Crippen LogP contribution in [-0.4, -0.2) is 46.1 Å². The van der Waals surface area contributed by atoms with Gasteiger partial charge in [0.05, 0.1) is 11.3 Å². The van der Waals surface area contributed by atoms with Crippen molar-refractivity contribution in [3.8, 4) is 0 Å². The quantitative estimate of drug-likeness (QED) is 0.871. The second-order valence-electron chi connectivity index (χ2n) is 5.38. The Hall–Kier alpha value is -1.11. The number of ether oxygens (including phenoxy) is 1. The van der Waals surface area contributed by atoms with Gasteiger partial charge >= 0.3 is 0 Å². The fourth-order valence-electron chi connectivity index (χ4n) is 2.31. The summed E-state index contributed by atoms with van der Waals surface area (Å²) in [6.45, 7) is 0.628. The second-order valence-corrected chi connectivity index (χ2v) is 7.50. The van der Waals surface area contributed by atoms with Crippen molar-refractivity contribution < 1.29 is 13.2 Å². The molecule has 0 saturated heterocycles. The molecule has 1 aliphatic rings. The van der Waals surface area contributed by atoms with E-state index < -0.39 is 10.0 Å². The van der Waals surface area contributed by atoms with Gasteiger partial charge in [-0.25, -0.2) is 12.7 Å². The van der Waals surface area contributed by atoms with Gasteiger partial charge in [0.2, 0.25) is 10.0 Å². The van der Waals surface area contributed by atoms with Crippen molar-refractivity contribution in [3.05, 3.63) is 24.3 Å². The average Bonchev–Trinajstić information content (AvgIpc) is 2.38. The zero-order valence-corrected chi connectivity index (χ0v) is 13.0. The lowest BCUT2D eigenvalue weighted by Crippen LogP contribution is -2.45. The van der Waals surface area contributed by atoms with Crippen molar-refractivity contribution in [2.45, 2.75) is 29.8 Å². The molecule has 0 atom stereocenters. The zero-order chi connectivity index (χ0) is 14.8. The van der Waals surface area contributed by atoms with Crippen LogP contribution < -0.4 is 5.32 Å². The highest BCUT2D eigenvalue weighted by Crippen LogP contribution is 2.35.